The molecule has 0 radical (unpaired) electrons. The van der Waals surface area contributed by atoms with E-state index in [2.05, 4.69) is 30.3 Å². The Hall–Kier alpha value is -8.81. The van der Waals surface area contributed by atoms with Crippen molar-refractivity contribution in [3.63, 3.8) is 0 Å². The molecule has 0 amide bonds. The Morgan fingerprint density at radius 3 is 0.970 bits per heavy atom. The molecule has 0 spiro atoms. The van der Waals surface area contributed by atoms with Gasteiger partial charge in [0.25, 0.3) is 0 Å². The first-order chi connectivity index (χ1) is 64.0. The Morgan fingerprint density at radius 2 is 0.586 bits per heavy atom. The molecule has 6 aliphatic rings. The molecule has 6 heterocycles. The highest BCUT2D eigenvalue weighted by Crippen LogP contribution is 2.52. The molecule has 0 aromatic heterocycles. The Labute approximate surface area is 824 Å². The molecule has 0 fully saturated rings. The van der Waals surface area contributed by atoms with E-state index >= 15 is 0 Å². The first-order valence-corrected chi connectivity index (χ1v) is 47.4. The highest BCUT2D eigenvalue weighted by molar-refractivity contribution is 6.43. The number of benzene rings is 13. The summed E-state index contributed by atoms with van der Waals surface area (Å²) in [6, 6.07) is 64.4. The van der Waals surface area contributed by atoms with E-state index in [1.807, 2.05) is 110 Å². The molecule has 0 saturated carbocycles. The Kier molecular flexibility index (Phi) is 34.2. The summed E-state index contributed by atoms with van der Waals surface area (Å²) < 4.78 is 117. The number of rotatable bonds is 13. The van der Waals surface area contributed by atoms with E-state index in [0.717, 1.165) is 196 Å². The van der Waals surface area contributed by atoms with Crippen molar-refractivity contribution in [1.29, 1.82) is 0 Å². The summed E-state index contributed by atoms with van der Waals surface area (Å²) in [5.41, 5.74) is 51.4. The SMILES string of the molecule is Cc1cc(Cl)c(-c2cccc3c2O[C@@H](CN)CC3)c(Cl)c1.NC[C@H]1CCc2cc(F)cc(-c3ccccc3-c3ccccc3)c2O1.NC[C@H]1CCc2ccc(F)c(-c3ccc(Cl)cc3Cl)c2O1.NC[C@H]1CCc2cccc(-c3c(Cl)cc(C(F)(F)F)cc3Cl)c2O1.NC[C@H]1CCc2cccc(-c3c(Cl)cc(Cl)cc3Cl)c2O1.NC[C@H]1CCc2cccc(-c3c(Cl)cc(F)cc3Cl)c2O1. The van der Waals surface area contributed by atoms with Crippen LogP contribution in [0.5, 0.6) is 34.5 Å². The number of fused-ring (bicyclic) bond motifs is 6. The Morgan fingerprint density at radius 1 is 0.271 bits per heavy atom. The van der Waals surface area contributed by atoms with Crippen LogP contribution >= 0.6 is 128 Å². The average molecular weight is 2030 g/mol. The monoisotopic (exact) mass is 2020 g/mol. The van der Waals surface area contributed by atoms with Crippen LogP contribution in [0.15, 0.2) is 218 Å². The molecule has 694 valence electrons. The van der Waals surface area contributed by atoms with Crippen molar-refractivity contribution in [2.45, 2.75) is 127 Å². The second-order valence-corrected chi connectivity index (χ2v) is 37.1. The molecular formula is C104H93Cl11F6N6O6. The topological polar surface area (TPSA) is 212 Å². The summed E-state index contributed by atoms with van der Waals surface area (Å²) in [4.78, 5) is 0. The molecule has 0 saturated heterocycles. The highest BCUT2D eigenvalue weighted by Gasteiger charge is 2.36. The van der Waals surface area contributed by atoms with Crippen LogP contribution in [-0.2, 0) is 44.7 Å². The summed E-state index contributed by atoms with van der Waals surface area (Å²) >= 11 is 68.2. The quantitative estimate of drug-likeness (QED) is 0.0596. The van der Waals surface area contributed by atoms with Crippen LogP contribution in [-0.4, -0.2) is 75.9 Å². The van der Waals surface area contributed by atoms with E-state index in [1.165, 1.54) is 23.8 Å². The van der Waals surface area contributed by atoms with Gasteiger partial charge in [0.05, 0.1) is 56.3 Å². The summed E-state index contributed by atoms with van der Waals surface area (Å²) in [6.45, 7) is 4.68. The van der Waals surface area contributed by atoms with Crippen LogP contribution in [0.2, 0.25) is 55.2 Å². The van der Waals surface area contributed by atoms with Crippen molar-refractivity contribution >= 4 is 128 Å². The number of halogens is 17. The van der Waals surface area contributed by atoms with Gasteiger partial charge in [-0.2, -0.15) is 13.2 Å². The normalized spacial score (nSPS) is 17.1. The maximum Gasteiger partial charge on any atom is 0.416 e. The highest BCUT2D eigenvalue weighted by atomic mass is 35.5. The molecule has 6 aliphatic heterocycles. The van der Waals surface area contributed by atoms with Gasteiger partial charge < -0.3 is 62.8 Å². The number of nitrogens with two attached hydrogens (primary N) is 6. The molecule has 29 heteroatoms. The zero-order valence-corrected chi connectivity index (χ0v) is 80.1. The second-order valence-electron chi connectivity index (χ2n) is 32.6. The number of hydrogen-bond acceptors (Lipinski definition) is 12. The van der Waals surface area contributed by atoms with Crippen molar-refractivity contribution in [2.24, 2.45) is 34.4 Å². The molecule has 133 heavy (non-hydrogen) atoms. The van der Waals surface area contributed by atoms with Gasteiger partial charge in [-0.15, -0.1) is 0 Å². The third kappa shape index (κ3) is 23.7. The van der Waals surface area contributed by atoms with E-state index in [1.54, 1.807) is 54.6 Å². The van der Waals surface area contributed by atoms with Crippen molar-refractivity contribution in [1.82, 2.24) is 0 Å². The van der Waals surface area contributed by atoms with Crippen molar-refractivity contribution in [3.8, 4) is 112 Å². The van der Waals surface area contributed by atoms with Gasteiger partial charge in [-0.3, -0.25) is 0 Å². The first kappa shape index (κ1) is 100. The van der Waals surface area contributed by atoms with Crippen LogP contribution in [0.4, 0.5) is 26.3 Å². The maximum atomic E-state index is 14.4. The van der Waals surface area contributed by atoms with Crippen molar-refractivity contribution < 1.29 is 54.8 Å². The molecule has 0 bridgehead atoms. The minimum atomic E-state index is -4.51. The van der Waals surface area contributed by atoms with Gasteiger partial charge in [-0.25, -0.2) is 13.2 Å². The zero-order chi connectivity index (χ0) is 94.6. The lowest BCUT2D eigenvalue weighted by atomic mass is 9.90. The number of alkyl halides is 3. The van der Waals surface area contributed by atoms with Crippen LogP contribution in [0.3, 0.4) is 0 Å². The maximum absolute atomic E-state index is 14.4. The van der Waals surface area contributed by atoms with Crippen LogP contribution in [0.1, 0.15) is 83.0 Å². The van der Waals surface area contributed by atoms with Gasteiger partial charge in [0, 0.05) is 105 Å². The van der Waals surface area contributed by atoms with Crippen molar-refractivity contribution in [3.05, 3.63) is 336 Å². The van der Waals surface area contributed by atoms with Gasteiger partial charge in [-0.05, 0) is 218 Å². The van der Waals surface area contributed by atoms with Crippen molar-refractivity contribution in [2.75, 3.05) is 39.3 Å². The summed E-state index contributed by atoms with van der Waals surface area (Å²) in [6.07, 6.45) is 5.71. The molecule has 13 aromatic carbocycles. The molecule has 12 N–H and O–H groups in total. The predicted octanol–water partition coefficient (Wildman–Crippen LogP) is 28.6. The number of aryl methyl sites for hydroxylation is 7. The summed E-state index contributed by atoms with van der Waals surface area (Å²) in [7, 11) is 0. The standard InChI is InChI=1S/C22H20FNO.C17H14Cl2F3NO.C17H17Cl2NO.C16H14Cl3NO.2C16H14Cl2FNO/c23-17-12-16-10-11-18(14-24)25-22(16)21(13-17)20-9-5-4-8-19(20)15-6-2-1-3-7-15;18-13-6-10(17(20,21)22)7-14(19)15(13)12-3-1-2-9-4-5-11(8-23)24-16(9)12;1-10-7-14(18)16(15(19)8-10)13-4-2-3-11-5-6-12(9-20)21-17(11)13;17-10-6-13(18)15(14(19)7-10)12-3-1-2-9-4-5-11(8-20)21-16(9)12;17-10-3-5-12(13(18)7-10)15-14(19)6-2-9-1-4-11(8-20)21-16(9)15;17-13-6-10(19)7-14(18)15(13)12-3-1-2-9-4-5-11(8-20)21-16(9)12/h1-9,12-13,18H,10-11,14,24H2;1-3,6-7,11H,4-5,8,23H2;2-4,7-8,12H,5-6,9,20H2,1H3;1-3,6-7,11H,4-5,8,20H2;2-3,5-7,11H,1,4,8,20H2;1-3,6-7,11H,4-5,8,20H2/t18-;11-;12-;3*11-/m111111/s1. The fourth-order valence-corrected chi connectivity index (χ4v) is 20.6. The third-order valence-corrected chi connectivity index (χ3v) is 26.7. The lowest BCUT2D eigenvalue weighted by Crippen LogP contribution is -2.30. The van der Waals surface area contributed by atoms with E-state index in [0.29, 0.717) is 114 Å². The minimum absolute atomic E-state index is 0.0133. The average Bonchev–Trinajstić information content (AvgIpc) is 0.815. The molecular weight excluding hydrogens is 1930 g/mol. The number of hydrogen-bond donors (Lipinski definition) is 6. The molecule has 12 nitrogen and oxygen atoms in total. The molecule has 19 rings (SSSR count). The lowest BCUT2D eigenvalue weighted by Gasteiger charge is -2.28. The Balaban J connectivity index is 0.000000128. The fourth-order valence-electron chi connectivity index (χ4n) is 16.9. The third-order valence-electron chi connectivity index (χ3n) is 23.6. The summed E-state index contributed by atoms with van der Waals surface area (Å²) in [5.74, 6) is 3.28. The largest absolute Gasteiger partial charge is 0.488 e. The van der Waals surface area contributed by atoms with Gasteiger partial charge in [-0.1, -0.05) is 267 Å². The molecule has 0 aliphatic carbocycles. The van der Waals surface area contributed by atoms with Gasteiger partial charge >= 0.3 is 6.18 Å². The first-order valence-electron chi connectivity index (χ1n) is 43.2. The van der Waals surface area contributed by atoms with Crippen LogP contribution < -0.4 is 62.8 Å². The van der Waals surface area contributed by atoms with Crippen LogP contribution in [0.25, 0.3) is 77.9 Å². The molecule has 0 unspecified atom stereocenters. The van der Waals surface area contributed by atoms with E-state index < -0.39 is 17.6 Å². The zero-order valence-electron chi connectivity index (χ0n) is 71.8. The van der Waals surface area contributed by atoms with E-state index in [4.69, 9.17) is 190 Å². The van der Waals surface area contributed by atoms with Crippen LogP contribution in [0, 0.1) is 24.4 Å². The number of para-hydroxylation sites is 4. The van der Waals surface area contributed by atoms with Gasteiger partial charge in [0.15, 0.2) is 0 Å². The summed E-state index contributed by atoms with van der Waals surface area (Å²) in [5, 5.41) is 4.14. The van der Waals surface area contributed by atoms with Gasteiger partial charge in [0.2, 0.25) is 0 Å². The van der Waals surface area contributed by atoms with E-state index in [9.17, 15) is 26.3 Å². The fraction of sp³-hybridized carbons (Fsp3) is 0.250. The smallest absolute Gasteiger partial charge is 0.416 e. The molecule has 6 atom stereocenters. The lowest BCUT2D eigenvalue weighted by molar-refractivity contribution is -0.137. The van der Waals surface area contributed by atoms with E-state index in [-0.39, 0.29) is 68.3 Å². The number of ether oxygens (including phenoxy) is 6. The Bertz CT molecular complexity index is 6010. The molecule has 13 aromatic rings. The second kappa shape index (κ2) is 45.4. The predicted molar refractivity (Wildman–Crippen MR) is 532 cm³/mol. The van der Waals surface area contributed by atoms with Gasteiger partial charge in [0.1, 0.15) is 88.6 Å². The minimum Gasteiger partial charge on any atom is -0.488 e.